The van der Waals surface area contributed by atoms with Crippen LogP contribution in [-0.2, 0) is 4.74 Å². The SMILES string of the molecule is CC(C)[C@@H]1C[C@@H]2OC[C@]13CC[C@@]1(C)[C@H]4C(=CC[C@]1(C)C23)[C@@]1(C)C[C@@H](O)[C@H](O)C(C)(C)C1C[C@@H]4O. The number of hydrogen-bond donors (Lipinski definition) is 3. The first-order valence-corrected chi connectivity index (χ1v) is 14.1. The molecule has 4 heteroatoms. The predicted octanol–water partition coefficient (Wildman–Crippen LogP) is 4.96. The maximum absolute atomic E-state index is 11.9. The van der Waals surface area contributed by atoms with Crippen molar-refractivity contribution in [1.82, 2.24) is 0 Å². The second kappa shape index (κ2) is 6.91. The van der Waals surface area contributed by atoms with Gasteiger partial charge in [-0.05, 0) is 83.9 Å². The molecule has 0 amide bonds. The summed E-state index contributed by atoms with van der Waals surface area (Å²) in [5.41, 5.74) is 1.20. The molecule has 5 fully saturated rings. The van der Waals surface area contributed by atoms with E-state index in [1.54, 1.807) is 0 Å². The predicted molar refractivity (Wildman–Crippen MR) is 133 cm³/mol. The summed E-state index contributed by atoms with van der Waals surface area (Å²) in [5.74, 6) is 2.29. The summed E-state index contributed by atoms with van der Waals surface area (Å²) in [4.78, 5) is 0. The summed E-state index contributed by atoms with van der Waals surface area (Å²) in [6.45, 7) is 17.3. The number of rotatable bonds is 1. The lowest BCUT2D eigenvalue weighted by Gasteiger charge is -2.69. The van der Waals surface area contributed by atoms with Crippen LogP contribution in [-0.4, -0.2) is 46.3 Å². The van der Waals surface area contributed by atoms with E-state index in [2.05, 4.69) is 54.5 Å². The summed E-state index contributed by atoms with van der Waals surface area (Å²) in [6, 6.07) is 0. The molecule has 12 atom stereocenters. The molecule has 3 N–H and O–H groups in total. The summed E-state index contributed by atoms with van der Waals surface area (Å²) in [6.07, 6.45) is 6.93. The monoisotopic (exact) mass is 472 g/mol. The Morgan fingerprint density at radius 3 is 2.32 bits per heavy atom. The molecule has 34 heavy (non-hydrogen) atoms. The minimum absolute atomic E-state index is 0.0155. The van der Waals surface area contributed by atoms with Crippen LogP contribution in [0.4, 0.5) is 0 Å². The first-order chi connectivity index (χ1) is 15.7. The molecule has 0 radical (unpaired) electrons. The third kappa shape index (κ3) is 2.50. The topological polar surface area (TPSA) is 69.9 Å². The lowest BCUT2D eigenvalue weighted by molar-refractivity contribution is -0.207. The Labute approximate surface area is 206 Å². The maximum atomic E-state index is 11.9. The molecule has 0 aromatic carbocycles. The summed E-state index contributed by atoms with van der Waals surface area (Å²) in [7, 11) is 0. The van der Waals surface area contributed by atoms with Gasteiger partial charge in [-0.3, -0.25) is 0 Å². The molecular formula is C30H48O4. The Bertz CT molecular complexity index is 909. The molecule has 4 nitrogen and oxygen atoms in total. The molecule has 6 rings (SSSR count). The van der Waals surface area contributed by atoms with Gasteiger partial charge in [-0.1, -0.05) is 60.1 Å². The first-order valence-electron chi connectivity index (χ1n) is 14.1. The smallest absolute Gasteiger partial charge is 0.0853 e. The normalized spacial score (nSPS) is 59.7. The van der Waals surface area contributed by atoms with E-state index in [0.717, 1.165) is 25.4 Å². The van der Waals surface area contributed by atoms with Crippen molar-refractivity contribution < 1.29 is 20.1 Å². The van der Waals surface area contributed by atoms with Gasteiger partial charge in [0.1, 0.15) is 0 Å². The fraction of sp³-hybridized carbons (Fsp3) is 0.933. The highest BCUT2D eigenvalue weighted by Crippen LogP contribution is 2.78. The van der Waals surface area contributed by atoms with Gasteiger partial charge in [-0.15, -0.1) is 0 Å². The molecule has 1 saturated heterocycles. The highest BCUT2D eigenvalue weighted by atomic mass is 16.5. The Balaban J connectivity index is 1.46. The Morgan fingerprint density at radius 2 is 1.65 bits per heavy atom. The Morgan fingerprint density at radius 1 is 0.941 bits per heavy atom. The van der Waals surface area contributed by atoms with Crippen LogP contribution >= 0.6 is 0 Å². The second-order valence-electron chi connectivity index (χ2n) is 15.1. The fourth-order valence-corrected chi connectivity index (χ4v) is 11.7. The largest absolute Gasteiger partial charge is 0.392 e. The van der Waals surface area contributed by atoms with E-state index in [1.165, 1.54) is 18.4 Å². The second-order valence-corrected chi connectivity index (χ2v) is 15.1. The van der Waals surface area contributed by atoms with E-state index in [-0.39, 0.29) is 28.1 Å². The number of ether oxygens (including phenoxy) is 1. The van der Waals surface area contributed by atoms with E-state index in [1.807, 2.05) is 0 Å². The number of fused-ring (bicyclic) bond motifs is 5. The molecule has 0 spiro atoms. The quantitative estimate of drug-likeness (QED) is 0.472. The molecule has 6 aliphatic rings. The van der Waals surface area contributed by atoms with Crippen molar-refractivity contribution in [1.29, 1.82) is 0 Å². The van der Waals surface area contributed by atoms with Gasteiger partial charge in [0.15, 0.2) is 0 Å². The number of hydrogen-bond acceptors (Lipinski definition) is 4. The van der Waals surface area contributed by atoms with Crippen LogP contribution < -0.4 is 0 Å². The van der Waals surface area contributed by atoms with Crippen molar-refractivity contribution in [2.24, 2.45) is 56.7 Å². The summed E-state index contributed by atoms with van der Waals surface area (Å²) in [5, 5.41) is 33.7. The molecule has 0 aromatic heterocycles. The zero-order chi connectivity index (χ0) is 24.6. The molecule has 1 aliphatic heterocycles. The van der Waals surface area contributed by atoms with Gasteiger partial charge in [0.05, 0.1) is 31.0 Å². The van der Waals surface area contributed by atoms with Crippen molar-refractivity contribution in [3.8, 4) is 0 Å². The van der Waals surface area contributed by atoms with Crippen molar-refractivity contribution in [3.05, 3.63) is 11.6 Å². The van der Waals surface area contributed by atoms with Crippen LogP contribution in [0.25, 0.3) is 0 Å². The maximum Gasteiger partial charge on any atom is 0.0853 e. The molecule has 192 valence electrons. The zero-order valence-corrected chi connectivity index (χ0v) is 22.5. The summed E-state index contributed by atoms with van der Waals surface area (Å²) >= 11 is 0. The van der Waals surface area contributed by atoms with Crippen LogP contribution in [0, 0.1) is 56.7 Å². The molecule has 2 unspecified atom stereocenters. The zero-order valence-electron chi connectivity index (χ0n) is 22.5. The van der Waals surface area contributed by atoms with Gasteiger partial charge >= 0.3 is 0 Å². The highest BCUT2D eigenvalue weighted by molar-refractivity contribution is 5.36. The van der Waals surface area contributed by atoms with Crippen LogP contribution in [0.3, 0.4) is 0 Å². The van der Waals surface area contributed by atoms with Gasteiger partial charge < -0.3 is 20.1 Å². The third-order valence-corrected chi connectivity index (χ3v) is 13.4. The van der Waals surface area contributed by atoms with Crippen LogP contribution in [0.5, 0.6) is 0 Å². The van der Waals surface area contributed by atoms with Crippen molar-refractivity contribution >= 4 is 0 Å². The minimum atomic E-state index is -0.742. The van der Waals surface area contributed by atoms with Gasteiger partial charge in [0, 0.05) is 11.3 Å². The molecule has 1 heterocycles. The van der Waals surface area contributed by atoms with E-state index in [9.17, 15) is 15.3 Å². The fourth-order valence-electron chi connectivity index (χ4n) is 11.7. The van der Waals surface area contributed by atoms with Gasteiger partial charge in [-0.25, -0.2) is 0 Å². The molecule has 0 aromatic rings. The Hall–Kier alpha value is -0.420. The standard InChI is InChI=1S/C30H48O4/c1-16(2)18-12-21-24-29(7)9-8-17-23(28(29,6)10-11-30(18,24)15-34-21)19(31)13-22-26(3,4)25(33)20(32)14-27(17,22)5/h8,16,18-25,31-33H,9-15H2,1-7H3/t18-,19-,20+,21-,22?,23-,24?,25-,27+,28-,29+,30+/m0/s1. The summed E-state index contributed by atoms with van der Waals surface area (Å²) < 4.78 is 6.51. The highest BCUT2D eigenvalue weighted by Gasteiger charge is 2.75. The van der Waals surface area contributed by atoms with E-state index >= 15 is 0 Å². The minimum Gasteiger partial charge on any atom is -0.392 e. The Kier molecular flexibility index (Phi) is 4.87. The van der Waals surface area contributed by atoms with Gasteiger partial charge in [0.2, 0.25) is 0 Å². The van der Waals surface area contributed by atoms with E-state index in [0.29, 0.717) is 36.2 Å². The van der Waals surface area contributed by atoms with Crippen molar-refractivity contribution in [2.75, 3.05) is 6.61 Å². The van der Waals surface area contributed by atoms with Crippen LogP contribution in [0.2, 0.25) is 0 Å². The van der Waals surface area contributed by atoms with Gasteiger partial charge in [0.25, 0.3) is 0 Å². The number of aliphatic hydroxyl groups is 3. The molecule has 4 saturated carbocycles. The van der Waals surface area contributed by atoms with Crippen LogP contribution in [0.15, 0.2) is 11.6 Å². The lowest BCUT2D eigenvalue weighted by atomic mass is 9.35. The van der Waals surface area contributed by atoms with Crippen molar-refractivity contribution in [3.63, 3.8) is 0 Å². The van der Waals surface area contributed by atoms with Crippen LogP contribution in [0.1, 0.15) is 87.0 Å². The van der Waals surface area contributed by atoms with Gasteiger partial charge in [-0.2, -0.15) is 0 Å². The molecule has 2 bridgehead atoms. The third-order valence-electron chi connectivity index (χ3n) is 13.4. The lowest BCUT2D eigenvalue weighted by Crippen LogP contribution is -2.67. The molecule has 5 aliphatic carbocycles. The number of allylic oxidation sites excluding steroid dienone is 1. The average molecular weight is 473 g/mol. The van der Waals surface area contributed by atoms with Crippen molar-refractivity contribution in [2.45, 2.75) is 111 Å². The first kappa shape index (κ1) is 23.9. The van der Waals surface area contributed by atoms with E-state index < -0.39 is 23.7 Å². The number of aliphatic hydroxyl groups excluding tert-OH is 3. The molecular weight excluding hydrogens is 424 g/mol. The average Bonchev–Trinajstić information content (AvgIpc) is 3.30. The van der Waals surface area contributed by atoms with E-state index in [4.69, 9.17) is 4.74 Å².